The molecule has 2 aromatic carbocycles. The van der Waals surface area contributed by atoms with Gasteiger partial charge in [0.2, 0.25) is 5.91 Å². The van der Waals surface area contributed by atoms with Gasteiger partial charge in [-0.3, -0.25) is 4.79 Å². The monoisotopic (exact) mass is 385 g/mol. The first-order valence-electron chi connectivity index (χ1n) is 9.15. The molecule has 1 aliphatic heterocycles. The van der Waals surface area contributed by atoms with Crippen molar-refractivity contribution in [1.29, 1.82) is 0 Å². The normalized spacial score (nSPS) is 13.3. The second kappa shape index (κ2) is 8.26. The zero-order valence-electron chi connectivity index (χ0n) is 16.7. The van der Waals surface area contributed by atoms with E-state index in [-0.39, 0.29) is 5.91 Å². The molecule has 0 bridgehead atoms. The van der Waals surface area contributed by atoms with E-state index in [0.29, 0.717) is 18.0 Å². The summed E-state index contributed by atoms with van der Waals surface area (Å²) < 4.78 is 10.8. The van der Waals surface area contributed by atoms with Gasteiger partial charge in [-0.15, -0.1) is 11.8 Å². The summed E-state index contributed by atoms with van der Waals surface area (Å²) in [5.74, 6) is 2.11. The summed E-state index contributed by atoms with van der Waals surface area (Å²) in [6.45, 7) is 7.70. The van der Waals surface area contributed by atoms with E-state index in [1.807, 2.05) is 17.0 Å². The van der Waals surface area contributed by atoms with E-state index in [4.69, 9.17) is 9.47 Å². The van der Waals surface area contributed by atoms with Gasteiger partial charge >= 0.3 is 0 Å². The molecule has 3 rings (SSSR count). The Bertz CT molecular complexity index is 840. The number of rotatable bonds is 5. The van der Waals surface area contributed by atoms with E-state index >= 15 is 0 Å². The first kappa shape index (κ1) is 19.6. The van der Waals surface area contributed by atoms with Gasteiger partial charge in [-0.2, -0.15) is 0 Å². The van der Waals surface area contributed by atoms with Crippen molar-refractivity contribution in [3.05, 3.63) is 52.1 Å². The van der Waals surface area contributed by atoms with Crippen molar-refractivity contribution in [3.63, 3.8) is 0 Å². The van der Waals surface area contributed by atoms with Crippen LogP contribution in [0.2, 0.25) is 0 Å². The molecule has 0 unspecified atom stereocenters. The maximum atomic E-state index is 12.8. The average molecular weight is 386 g/mol. The molecule has 144 valence electrons. The third kappa shape index (κ3) is 4.24. The second-order valence-electron chi connectivity index (χ2n) is 7.06. The molecule has 4 nitrogen and oxygen atoms in total. The fraction of sp³-hybridized carbons (Fsp3) is 0.409. The Hall–Kier alpha value is -2.14. The molecule has 0 spiro atoms. The topological polar surface area (TPSA) is 38.8 Å². The predicted octanol–water partition coefficient (Wildman–Crippen LogP) is 4.31. The molecule has 0 saturated heterocycles. The molecule has 0 aromatic heterocycles. The van der Waals surface area contributed by atoms with Gasteiger partial charge in [0, 0.05) is 18.0 Å². The number of hydrogen-bond donors (Lipinski definition) is 0. The molecule has 1 aliphatic rings. The molecule has 0 N–H and O–H groups in total. The lowest BCUT2D eigenvalue weighted by molar-refractivity contribution is -0.129. The highest BCUT2D eigenvalue weighted by molar-refractivity contribution is 8.00. The highest BCUT2D eigenvalue weighted by atomic mass is 32.2. The highest BCUT2D eigenvalue weighted by Crippen LogP contribution is 2.34. The predicted molar refractivity (Wildman–Crippen MR) is 110 cm³/mol. The van der Waals surface area contributed by atoms with Crippen molar-refractivity contribution >= 4 is 17.7 Å². The fourth-order valence-electron chi connectivity index (χ4n) is 3.72. The molecular weight excluding hydrogens is 358 g/mol. The van der Waals surface area contributed by atoms with Crippen LogP contribution in [0.5, 0.6) is 11.5 Å². The van der Waals surface area contributed by atoms with Crippen molar-refractivity contribution in [2.75, 3.05) is 26.5 Å². The zero-order valence-corrected chi connectivity index (χ0v) is 17.5. The van der Waals surface area contributed by atoms with Crippen LogP contribution in [-0.2, 0) is 17.8 Å². The van der Waals surface area contributed by atoms with Gasteiger partial charge in [-0.05, 0) is 61.6 Å². The Labute approximate surface area is 165 Å². The lowest BCUT2D eigenvalue weighted by Crippen LogP contribution is -2.37. The smallest absolute Gasteiger partial charge is 0.233 e. The van der Waals surface area contributed by atoms with Crippen molar-refractivity contribution < 1.29 is 14.3 Å². The number of ether oxygens (including phenoxy) is 2. The maximum absolute atomic E-state index is 12.8. The molecule has 0 atom stereocenters. The maximum Gasteiger partial charge on any atom is 0.233 e. The lowest BCUT2D eigenvalue weighted by Gasteiger charge is -2.29. The molecular formula is C22H27NO3S. The van der Waals surface area contributed by atoms with Crippen LogP contribution in [0.4, 0.5) is 0 Å². The lowest BCUT2D eigenvalue weighted by atomic mass is 9.99. The molecule has 0 fully saturated rings. The van der Waals surface area contributed by atoms with E-state index in [1.165, 1.54) is 27.1 Å². The molecule has 27 heavy (non-hydrogen) atoms. The van der Waals surface area contributed by atoms with Crippen LogP contribution in [-0.4, -0.2) is 37.3 Å². The van der Waals surface area contributed by atoms with Gasteiger partial charge in [-0.25, -0.2) is 0 Å². The summed E-state index contributed by atoms with van der Waals surface area (Å²) in [4.78, 5) is 16.0. The van der Waals surface area contributed by atoms with Gasteiger partial charge in [0.05, 0.1) is 20.0 Å². The molecule has 1 amide bonds. The minimum atomic E-state index is 0.180. The van der Waals surface area contributed by atoms with E-state index in [2.05, 4.69) is 32.9 Å². The third-order valence-electron chi connectivity index (χ3n) is 5.02. The zero-order chi connectivity index (χ0) is 19.6. The van der Waals surface area contributed by atoms with Gasteiger partial charge in [0.25, 0.3) is 0 Å². The van der Waals surface area contributed by atoms with Crippen LogP contribution in [0.3, 0.4) is 0 Å². The molecule has 1 heterocycles. The van der Waals surface area contributed by atoms with E-state index in [1.54, 1.807) is 26.0 Å². The standard InChI is InChI=1S/C22H27NO3S/c1-14-8-15(2)22(16(3)9-14)27-13-21(24)23-7-6-17-10-19(25-4)20(26-5)11-18(17)12-23/h8-11H,6-7,12-13H2,1-5H3. The minimum Gasteiger partial charge on any atom is -0.493 e. The quantitative estimate of drug-likeness (QED) is 0.719. The highest BCUT2D eigenvalue weighted by Gasteiger charge is 2.23. The van der Waals surface area contributed by atoms with Crippen LogP contribution in [0.15, 0.2) is 29.2 Å². The molecule has 0 aliphatic carbocycles. The first-order valence-corrected chi connectivity index (χ1v) is 10.1. The van der Waals surface area contributed by atoms with Crippen LogP contribution in [0, 0.1) is 20.8 Å². The summed E-state index contributed by atoms with van der Waals surface area (Å²) >= 11 is 1.64. The van der Waals surface area contributed by atoms with Gasteiger partial charge in [0.15, 0.2) is 11.5 Å². The van der Waals surface area contributed by atoms with Crippen molar-refractivity contribution in [2.24, 2.45) is 0 Å². The van der Waals surface area contributed by atoms with Crippen LogP contribution in [0.1, 0.15) is 27.8 Å². The number of carbonyl (C=O) groups is 1. The number of aryl methyl sites for hydroxylation is 3. The van der Waals surface area contributed by atoms with E-state index < -0.39 is 0 Å². The van der Waals surface area contributed by atoms with Gasteiger partial charge in [0.1, 0.15) is 0 Å². The summed E-state index contributed by atoms with van der Waals surface area (Å²) in [6, 6.07) is 8.38. The fourth-order valence-corrected chi connectivity index (χ4v) is 4.74. The largest absolute Gasteiger partial charge is 0.493 e. The van der Waals surface area contributed by atoms with E-state index in [9.17, 15) is 4.79 Å². The summed E-state index contributed by atoms with van der Waals surface area (Å²) in [7, 11) is 3.29. The Morgan fingerprint density at radius 2 is 1.59 bits per heavy atom. The van der Waals surface area contributed by atoms with Gasteiger partial charge in [-0.1, -0.05) is 17.7 Å². The number of fused-ring (bicyclic) bond motifs is 1. The number of thioether (sulfide) groups is 1. The Kier molecular flexibility index (Phi) is 6.00. The molecule has 2 aromatic rings. The number of amides is 1. The van der Waals surface area contributed by atoms with Crippen molar-refractivity contribution in [2.45, 2.75) is 38.6 Å². The number of carbonyl (C=O) groups excluding carboxylic acids is 1. The first-order chi connectivity index (χ1) is 12.9. The summed E-state index contributed by atoms with van der Waals surface area (Å²) in [5.41, 5.74) is 6.12. The number of methoxy groups -OCH3 is 2. The third-order valence-corrected chi connectivity index (χ3v) is 6.34. The molecule has 0 saturated carbocycles. The van der Waals surface area contributed by atoms with Crippen LogP contribution < -0.4 is 9.47 Å². The second-order valence-corrected chi connectivity index (χ2v) is 8.04. The number of hydrogen-bond acceptors (Lipinski definition) is 4. The van der Waals surface area contributed by atoms with Crippen molar-refractivity contribution in [3.8, 4) is 11.5 Å². The molecule has 0 radical (unpaired) electrons. The number of benzene rings is 2. The summed E-state index contributed by atoms with van der Waals surface area (Å²) in [6.07, 6.45) is 0.842. The number of nitrogens with zero attached hydrogens (tertiary/aromatic N) is 1. The average Bonchev–Trinajstić information content (AvgIpc) is 2.65. The minimum absolute atomic E-state index is 0.180. The SMILES string of the molecule is COc1cc2c(cc1OC)CN(C(=O)CSc1c(C)cc(C)cc1C)CC2. The molecule has 5 heteroatoms. The van der Waals surface area contributed by atoms with E-state index in [0.717, 1.165) is 24.3 Å². The summed E-state index contributed by atoms with van der Waals surface area (Å²) in [5, 5.41) is 0. The van der Waals surface area contributed by atoms with Crippen LogP contribution in [0.25, 0.3) is 0 Å². The van der Waals surface area contributed by atoms with Gasteiger partial charge < -0.3 is 14.4 Å². The Morgan fingerprint density at radius 3 is 2.19 bits per heavy atom. The Morgan fingerprint density at radius 1 is 1.00 bits per heavy atom. The van der Waals surface area contributed by atoms with Crippen LogP contribution >= 0.6 is 11.8 Å². The van der Waals surface area contributed by atoms with Crippen molar-refractivity contribution in [1.82, 2.24) is 4.90 Å². The Balaban J connectivity index is 1.69.